The molecule has 8 nitrogen and oxygen atoms in total. The van der Waals surface area contributed by atoms with Crippen molar-refractivity contribution in [3.05, 3.63) is 46.3 Å². The molecule has 0 unspecified atom stereocenters. The zero-order valence-corrected chi connectivity index (χ0v) is 15.4. The summed E-state index contributed by atoms with van der Waals surface area (Å²) in [5, 5.41) is 0. The Morgan fingerprint density at radius 2 is 1.81 bits per heavy atom. The molecule has 2 heterocycles. The van der Waals surface area contributed by atoms with Crippen LogP contribution in [0.25, 0.3) is 0 Å². The summed E-state index contributed by atoms with van der Waals surface area (Å²) in [6.45, 7) is 4.87. The number of rotatable bonds is 5. The molecule has 0 fully saturated rings. The normalized spacial score (nSPS) is 13.2. The van der Waals surface area contributed by atoms with Gasteiger partial charge < -0.3 is 23.9 Å². The van der Waals surface area contributed by atoms with Crippen LogP contribution in [0, 0.1) is 13.8 Å². The Hall–Kier alpha value is -3.29. The number of aromatic nitrogens is 1. The highest BCUT2D eigenvalue weighted by Gasteiger charge is 2.28. The molecule has 0 aliphatic carbocycles. The Labute approximate surface area is 155 Å². The molecule has 0 radical (unpaired) electrons. The van der Waals surface area contributed by atoms with E-state index in [0.717, 1.165) is 0 Å². The van der Waals surface area contributed by atoms with Gasteiger partial charge in [0.05, 0.1) is 23.9 Å². The van der Waals surface area contributed by atoms with Crippen LogP contribution in [0.3, 0.4) is 0 Å². The largest absolute Gasteiger partial charge is 0.465 e. The van der Waals surface area contributed by atoms with Gasteiger partial charge in [-0.15, -0.1) is 0 Å². The SMILES string of the molecule is COC(=O)c1c(C)[nH]c(C(=O)[C@H](C)OC(=O)c2ccc3c(c2)OCO3)c1C. The average molecular weight is 373 g/mol. The topological polar surface area (TPSA) is 104 Å². The van der Waals surface area contributed by atoms with Crippen molar-refractivity contribution in [3.63, 3.8) is 0 Å². The van der Waals surface area contributed by atoms with Gasteiger partial charge in [-0.3, -0.25) is 4.79 Å². The van der Waals surface area contributed by atoms with Gasteiger partial charge in [0, 0.05) is 5.69 Å². The van der Waals surface area contributed by atoms with E-state index in [2.05, 4.69) is 4.98 Å². The predicted molar refractivity (Wildman–Crippen MR) is 93.4 cm³/mol. The molecule has 3 rings (SSSR count). The standard InChI is InChI=1S/C19H19NO7/c1-9-15(19(23)24-4)10(2)20-16(9)17(21)11(3)27-18(22)12-5-6-13-14(7-12)26-8-25-13/h5-7,11,20H,8H2,1-4H3/t11-/m0/s1. The van der Waals surface area contributed by atoms with Crippen LogP contribution in [0.4, 0.5) is 0 Å². The van der Waals surface area contributed by atoms with Gasteiger partial charge in [-0.1, -0.05) is 0 Å². The molecular formula is C19H19NO7. The fourth-order valence-corrected chi connectivity index (χ4v) is 2.91. The van der Waals surface area contributed by atoms with Crippen molar-refractivity contribution in [3.8, 4) is 11.5 Å². The number of hydrogen-bond acceptors (Lipinski definition) is 7. The molecule has 0 saturated heterocycles. The molecule has 1 N–H and O–H groups in total. The van der Waals surface area contributed by atoms with Crippen LogP contribution in [-0.2, 0) is 9.47 Å². The lowest BCUT2D eigenvalue weighted by atomic mass is 10.1. The first-order valence-corrected chi connectivity index (χ1v) is 8.25. The van der Waals surface area contributed by atoms with E-state index < -0.39 is 23.8 Å². The summed E-state index contributed by atoms with van der Waals surface area (Å²) in [6, 6.07) is 4.64. The smallest absolute Gasteiger partial charge is 0.339 e. The molecule has 0 bridgehead atoms. The first-order chi connectivity index (χ1) is 12.8. The number of carbonyl (C=O) groups is 3. The molecule has 1 atom stereocenters. The summed E-state index contributed by atoms with van der Waals surface area (Å²) in [6.07, 6.45) is -1.05. The second-order valence-corrected chi connectivity index (χ2v) is 6.10. The number of H-pyrrole nitrogens is 1. The molecular weight excluding hydrogens is 354 g/mol. The lowest BCUT2D eigenvalue weighted by Crippen LogP contribution is -2.25. The van der Waals surface area contributed by atoms with Crippen LogP contribution in [0.15, 0.2) is 18.2 Å². The molecule has 0 saturated carbocycles. The van der Waals surface area contributed by atoms with Gasteiger partial charge in [-0.25, -0.2) is 9.59 Å². The molecule has 0 amide bonds. The van der Waals surface area contributed by atoms with Gasteiger partial charge in [-0.05, 0) is 44.5 Å². The summed E-state index contributed by atoms with van der Waals surface area (Å²) in [5.41, 5.74) is 1.72. The van der Waals surface area contributed by atoms with Crippen LogP contribution in [0.1, 0.15) is 49.4 Å². The highest BCUT2D eigenvalue weighted by Crippen LogP contribution is 2.32. The third-order valence-electron chi connectivity index (χ3n) is 4.33. The molecule has 2 aromatic rings. The van der Waals surface area contributed by atoms with Gasteiger partial charge in [0.25, 0.3) is 0 Å². The number of ether oxygens (including phenoxy) is 4. The lowest BCUT2D eigenvalue weighted by Gasteiger charge is -2.12. The summed E-state index contributed by atoms with van der Waals surface area (Å²) in [4.78, 5) is 39.8. The highest BCUT2D eigenvalue weighted by molar-refractivity contribution is 6.04. The molecule has 142 valence electrons. The van der Waals surface area contributed by atoms with Crippen LogP contribution < -0.4 is 9.47 Å². The Bertz CT molecular complexity index is 928. The molecule has 8 heteroatoms. The van der Waals surface area contributed by atoms with Gasteiger partial charge in [0.1, 0.15) is 0 Å². The molecule has 0 spiro atoms. The van der Waals surface area contributed by atoms with E-state index in [9.17, 15) is 14.4 Å². The van der Waals surface area contributed by atoms with Crippen molar-refractivity contribution >= 4 is 17.7 Å². The maximum absolute atomic E-state index is 12.7. The van der Waals surface area contributed by atoms with E-state index >= 15 is 0 Å². The predicted octanol–water partition coefficient (Wildman–Crippen LogP) is 2.58. The molecule has 1 aliphatic heterocycles. The van der Waals surface area contributed by atoms with Crippen molar-refractivity contribution in [2.45, 2.75) is 26.9 Å². The number of Topliss-reactive ketones (excluding diaryl/α,β-unsaturated/α-hetero) is 1. The third kappa shape index (κ3) is 3.38. The number of ketones is 1. The van der Waals surface area contributed by atoms with Crippen LogP contribution in [0.5, 0.6) is 11.5 Å². The quantitative estimate of drug-likeness (QED) is 0.634. The summed E-state index contributed by atoms with van der Waals surface area (Å²) < 4.78 is 20.4. The summed E-state index contributed by atoms with van der Waals surface area (Å²) in [5.74, 6) is -0.654. The van der Waals surface area contributed by atoms with E-state index in [1.807, 2.05) is 0 Å². The van der Waals surface area contributed by atoms with Gasteiger partial charge >= 0.3 is 11.9 Å². The number of methoxy groups -OCH3 is 1. The number of nitrogens with one attached hydrogen (secondary N) is 1. The number of aryl methyl sites for hydroxylation is 1. The van der Waals surface area contributed by atoms with E-state index in [4.69, 9.17) is 18.9 Å². The van der Waals surface area contributed by atoms with Crippen LogP contribution >= 0.6 is 0 Å². The van der Waals surface area contributed by atoms with Gasteiger partial charge in [0.2, 0.25) is 12.6 Å². The lowest BCUT2D eigenvalue weighted by molar-refractivity contribution is 0.0316. The second kappa shape index (κ2) is 7.14. The van der Waals surface area contributed by atoms with Crippen molar-refractivity contribution < 1.29 is 33.3 Å². The highest BCUT2D eigenvalue weighted by atomic mass is 16.7. The zero-order chi connectivity index (χ0) is 19.7. The Kier molecular flexibility index (Phi) is 4.89. The minimum absolute atomic E-state index is 0.0940. The van der Waals surface area contributed by atoms with E-state index in [1.165, 1.54) is 26.2 Å². The van der Waals surface area contributed by atoms with E-state index in [0.29, 0.717) is 28.3 Å². The minimum atomic E-state index is -1.05. The van der Waals surface area contributed by atoms with Crippen LogP contribution in [0.2, 0.25) is 0 Å². The molecule has 27 heavy (non-hydrogen) atoms. The van der Waals surface area contributed by atoms with E-state index in [1.54, 1.807) is 19.9 Å². The molecule has 1 aliphatic rings. The maximum Gasteiger partial charge on any atom is 0.339 e. The fourth-order valence-electron chi connectivity index (χ4n) is 2.91. The molecule has 1 aromatic carbocycles. The summed E-state index contributed by atoms with van der Waals surface area (Å²) in [7, 11) is 1.27. The number of esters is 2. The number of hydrogen-bond donors (Lipinski definition) is 1. The third-order valence-corrected chi connectivity index (χ3v) is 4.33. The second-order valence-electron chi connectivity index (χ2n) is 6.10. The first-order valence-electron chi connectivity index (χ1n) is 8.25. The van der Waals surface area contributed by atoms with Crippen molar-refractivity contribution in [1.29, 1.82) is 0 Å². The van der Waals surface area contributed by atoms with Crippen LogP contribution in [-0.4, -0.2) is 42.7 Å². The Balaban J connectivity index is 1.76. The Morgan fingerprint density at radius 1 is 1.11 bits per heavy atom. The number of fused-ring (bicyclic) bond motifs is 1. The average Bonchev–Trinajstić information content (AvgIpc) is 3.23. The fraction of sp³-hybridized carbons (Fsp3) is 0.316. The number of carbonyl (C=O) groups excluding carboxylic acids is 3. The van der Waals surface area contributed by atoms with E-state index in [-0.39, 0.29) is 18.1 Å². The molecule has 1 aromatic heterocycles. The van der Waals surface area contributed by atoms with Crippen molar-refractivity contribution in [2.24, 2.45) is 0 Å². The number of benzene rings is 1. The maximum atomic E-state index is 12.7. The van der Waals surface area contributed by atoms with Crippen molar-refractivity contribution in [1.82, 2.24) is 4.98 Å². The van der Waals surface area contributed by atoms with Gasteiger partial charge in [0.15, 0.2) is 17.6 Å². The minimum Gasteiger partial charge on any atom is -0.465 e. The van der Waals surface area contributed by atoms with Crippen molar-refractivity contribution in [2.75, 3.05) is 13.9 Å². The number of aromatic amines is 1. The zero-order valence-electron chi connectivity index (χ0n) is 15.4. The van der Waals surface area contributed by atoms with Gasteiger partial charge in [-0.2, -0.15) is 0 Å². The first kappa shape index (κ1) is 18.5. The monoisotopic (exact) mass is 373 g/mol. The Morgan fingerprint density at radius 3 is 2.52 bits per heavy atom. The summed E-state index contributed by atoms with van der Waals surface area (Å²) >= 11 is 0.